The van der Waals surface area contributed by atoms with Gasteiger partial charge in [0, 0.05) is 32.4 Å². The Hall–Kier alpha value is -3.77. The van der Waals surface area contributed by atoms with E-state index in [1.807, 2.05) is 9.80 Å². The highest BCUT2D eigenvalue weighted by atomic mass is 16.3. The van der Waals surface area contributed by atoms with Crippen LogP contribution in [0.5, 0.6) is 0 Å². The number of rotatable bonds is 5. The summed E-state index contributed by atoms with van der Waals surface area (Å²) < 4.78 is 0. The van der Waals surface area contributed by atoms with Crippen molar-refractivity contribution in [2.24, 2.45) is 16.8 Å². The van der Waals surface area contributed by atoms with E-state index in [1.165, 1.54) is 5.01 Å². The first kappa shape index (κ1) is 24.4. The Morgan fingerprint density at radius 3 is 2.69 bits per heavy atom. The van der Waals surface area contributed by atoms with Crippen LogP contribution in [-0.4, -0.2) is 79.9 Å². The van der Waals surface area contributed by atoms with Crippen molar-refractivity contribution in [3.05, 3.63) is 53.0 Å². The standard InChI is InChI=1S/C23H31N9O3/c1-15(14-33)32(25)21(29-24)18-5-4-6-20(27-18)28-22(34)19-11-17-13-31(10-7-16(17)12-26-19)23(35)30-8-2-3-9-30/h4-6,11-12,15,33H,2-3,7-10,13-14,24-25H2,1H3,(H,27,28,34)/b29-21-. The maximum Gasteiger partial charge on any atom is 0.320 e. The van der Waals surface area contributed by atoms with Gasteiger partial charge in [-0.05, 0) is 55.5 Å². The first-order valence-corrected chi connectivity index (χ1v) is 11.6. The quantitative estimate of drug-likeness (QED) is 0.207. The van der Waals surface area contributed by atoms with Gasteiger partial charge in [-0.1, -0.05) is 6.07 Å². The number of aliphatic hydroxyl groups excluding tert-OH is 1. The fourth-order valence-electron chi connectivity index (χ4n) is 4.20. The number of hydrazone groups is 1. The van der Waals surface area contributed by atoms with Crippen LogP contribution in [0.1, 0.15) is 47.1 Å². The second kappa shape index (κ2) is 10.7. The monoisotopic (exact) mass is 481 g/mol. The predicted octanol–water partition coefficient (Wildman–Crippen LogP) is 0.480. The number of nitrogens with one attached hydrogen (secondary N) is 1. The van der Waals surface area contributed by atoms with Crippen LogP contribution in [0.15, 0.2) is 35.6 Å². The number of carbonyl (C=O) groups excluding carboxylic acids is 2. The molecular formula is C23H31N9O3. The molecule has 0 saturated carbocycles. The van der Waals surface area contributed by atoms with Crippen molar-refractivity contribution in [1.29, 1.82) is 0 Å². The molecule has 2 aliphatic rings. The molecule has 4 rings (SSSR count). The predicted molar refractivity (Wildman–Crippen MR) is 130 cm³/mol. The number of nitrogens with two attached hydrogens (primary N) is 2. The first-order chi connectivity index (χ1) is 16.9. The maximum absolute atomic E-state index is 12.9. The third-order valence-corrected chi connectivity index (χ3v) is 6.30. The number of nitrogens with zero attached hydrogens (tertiary/aromatic N) is 6. The SMILES string of the molecule is CC(CO)N(N)/C(=N\N)c1cccc(NC(=O)c2cc3c(cn2)CCN(C(=O)N2CCCC2)C3)n1. The Kier molecular flexibility index (Phi) is 7.42. The van der Waals surface area contributed by atoms with Gasteiger partial charge < -0.3 is 26.1 Å². The molecule has 1 saturated heterocycles. The van der Waals surface area contributed by atoms with Crippen LogP contribution < -0.4 is 17.0 Å². The van der Waals surface area contributed by atoms with Crippen molar-refractivity contribution < 1.29 is 14.7 Å². The molecule has 3 amide bonds. The van der Waals surface area contributed by atoms with Crippen molar-refractivity contribution in [3.63, 3.8) is 0 Å². The fourth-order valence-corrected chi connectivity index (χ4v) is 4.20. The van der Waals surface area contributed by atoms with Crippen LogP contribution in [0.25, 0.3) is 0 Å². The van der Waals surface area contributed by atoms with Gasteiger partial charge in [-0.3, -0.25) is 14.8 Å². The van der Waals surface area contributed by atoms with Crippen molar-refractivity contribution in [1.82, 2.24) is 24.8 Å². The van der Waals surface area contributed by atoms with E-state index in [0.29, 0.717) is 25.2 Å². The normalized spacial score (nSPS) is 16.6. The Bertz CT molecular complexity index is 1120. The number of hydrogen-bond acceptors (Lipinski definition) is 8. The minimum Gasteiger partial charge on any atom is -0.394 e. The summed E-state index contributed by atoms with van der Waals surface area (Å²) in [5.41, 5.74) is 2.52. The van der Waals surface area contributed by atoms with Crippen LogP contribution in [0.3, 0.4) is 0 Å². The van der Waals surface area contributed by atoms with Crippen LogP contribution in [0.2, 0.25) is 0 Å². The molecule has 2 aromatic rings. The Balaban J connectivity index is 1.47. The number of hydrogen-bond donors (Lipinski definition) is 4. The lowest BCUT2D eigenvalue weighted by molar-refractivity contribution is 0.102. The summed E-state index contributed by atoms with van der Waals surface area (Å²) in [5.74, 6) is 11.5. The van der Waals surface area contributed by atoms with Crippen molar-refractivity contribution in [3.8, 4) is 0 Å². The van der Waals surface area contributed by atoms with Gasteiger partial charge in [0.15, 0.2) is 5.84 Å². The largest absolute Gasteiger partial charge is 0.394 e. The molecule has 2 aromatic heterocycles. The minimum absolute atomic E-state index is 0.0545. The Morgan fingerprint density at radius 2 is 1.97 bits per heavy atom. The lowest BCUT2D eigenvalue weighted by atomic mass is 10.0. The zero-order valence-corrected chi connectivity index (χ0v) is 19.7. The number of anilines is 1. The zero-order valence-electron chi connectivity index (χ0n) is 19.7. The number of carbonyl (C=O) groups is 2. The van der Waals surface area contributed by atoms with E-state index in [2.05, 4.69) is 20.4 Å². The lowest BCUT2D eigenvalue weighted by Crippen LogP contribution is -2.47. The van der Waals surface area contributed by atoms with Gasteiger partial charge in [0.1, 0.15) is 17.2 Å². The summed E-state index contributed by atoms with van der Waals surface area (Å²) in [5, 5.41) is 17.0. The first-order valence-electron chi connectivity index (χ1n) is 11.6. The van der Waals surface area contributed by atoms with E-state index in [9.17, 15) is 14.7 Å². The second-order valence-corrected chi connectivity index (χ2v) is 8.74. The van der Waals surface area contributed by atoms with E-state index in [0.717, 1.165) is 37.1 Å². The van der Waals surface area contributed by atoms with Crippen molar-refractivity contribution in [2.75, 3.05) is 31.6 Å². The summed E-state index contributed by atoms with van der Waals surface area (Å²) >= 11 is 0. The molecule has 12 heteroatoms. The molecule has 6 N–H and O–H groups in total. The van der Waals surface area contributed by atoms with E-state index >= 15 is 0 Å². The smallest absolute Gasteiger partial charge is 0.320 e. The van der Waals surface area contributed by atoms with Gasteiger partial charge in [0.2, 0.25) is 0 Å². The molecule has 1 unspecified atom stereocenters. The van der Waals surface area contributed by atoms with Crippen LogP contribution in [0, 0.1) is 0 Å². The molecule has 186 valence electrons. The van der Waals surface area contributed by atoms with E-state index in [1.54, 1.807) is 37.4 Å². The number of amides is 3. The van der Waals surface area contributed by atoms with E-state index in [-0.39, 0.29) is 30.0 Å². The number of urea groups is 1. The minimum atomic E-state index is -0.436. The molecule has 1 atom stereocenters. The van der Waals surface area contributed by atoms with Crippen LogP contribution >= 0.6 is 0 Å². The number of aliphatic hydroxyl groups is 1. The molecular weight excluding hydrogens is 450 g/mol. The van der Waals surface area contributed by atoms with E-state index < -0.39 is 11.9 Å². The van der Waals surface area contributed by atoms with Crippen LogP contribution in [-0.2, 0) is 13.0 Å². The van der Waals surface area contributed by atoms with Crippen molar-refractivity contribution >= 4 is 23.6 Å². The maximum atomic E-state index is 12.9. The third-order valence-electron chi connectivity index (χ3n) is 6.30. The van der Waals surface area contributed by atoms with Crippen LogP contribution in [0.4, 0.5) is 10.6 Å². The Labute approximate surface area is 203 Å². The zero-order chi connectivity index (χ0) is 24.9. The number of aromatic nitrogens is 2. The highest BCUT2D eigenvalue weighted by molar-refractivity contribution is 6.03. The topological polar surface area (TPSA) is 166 Å². The van der Waals surface area contributed by atoms with Gasteiger partial charge in [-0.25, -0.2) is 15.6 Å². The highest BCUT2D eigenvalue weighted by Gasteiger charge is 2.27. The molecule has 1 fully saturated rings. The van der Waals surface area contributed by atoms with Gasteiger partial charge in [-0.2, -0.15) is 5.10 Å². The average Bonchev–Trinajstić information content (AvgIpc) is 3.42. The molecule has 0 aliphatic carbocycles. The summed E-state index contributed by atoms with van der Waals surface area (Å²) in [4.78, 5) is 38.2. The summed E-state index contributed by atoms with van der Waals surface area (Å²) in [6, 6.07) is 6.31. The fraction of sp³-hybridized carbons (Fsp3) is 0.435. The third kappa shape index (κ3) is 5.33. The summed E-state index contributed by atoms with van der Waals surface area (Å²) in [7, 11) is 0. The van der Waals surface area contributed by atoms with Gasteiger partial charge in [0.05, 0.1) is 12.6 Å². The highest BCUT2D eigenvalue weighted by Crippen LogP contribution is 2.22. The lowest BCUT2D eigenvalue weighted by Gasteiger charge is -2.32. The van der Waals surface area contributed by atoms with Gasteiger partial charge in [-0.15, -0.1) is 0 Å². The number of pyridine rings is 2. The molecule has 12 nitrogen and oxygen atoms in total. The average molecular weight is 482 g/mol. The number of amidine groups is 1. The van der Waals surface area contributed by atoms with Gasteiger partial charge in [0.25, 0.3) is 5.91 Å². The Morgan fingerprint density at radius 1 is 1.20 bits per heavy atom. The molecule has 0 radical (unpaired) electrons. The molecule has 35 heavy (non-hydrogen) atoms. The molecule has 0 bridgehead atoms. The van der Waals surface area contributed by atoms with E-state index in [4.69, 9.17) is 11.7 Å². The molecule has 0 spiro atoms. The van der Waals surface area contributed by atoms with Crippen molar-refractivity contribution in [2.45, 2.75) is 38.8 Å². The van der Waals surface area contributed by atoms with Gasteiger partial charge >= 0.3 is 6.03 Å². The summed E-state index contributed by atoms with van der Waals surface area (Å²) in [6.07, 6.45) is 4.49. The second-order valence-electron chi connectivity index (χ2n) is 8.74. The summed E-state index contributed by atoms with van der Waals surface area (Å²) in [6.45, 7) is 4.21. The molecule has 2 aliphatic heterocycles. The number of hydrazine groups is 1. The number of fused-ring (bicyclic) bond motifs is 1. The molecule has 0 aromatic carbocycles. The number of likely N-dealkylation sites (tertiary alicyclic amines) is 1. The molecule has 4 heterocycles.